The van der Waals surface area contributed by atoms with Crippen LogP contribution in [0.1, 0.15) is 55.4 Å². The van der Waals surface area contributed by atoms with E-state index in [0.717, 1.165) is 67.9 Å². The van der Waals surface area contributed by atoms with Gasteiger partial charge in [0.25, 0.3) is 0 Å². The molecule has 2 aliphatic rings. The van der Waals surface area contributed by atoms with Crippen molar-refractivity contribution >= 4 is 29.9 Å². The number of rotatable bonds is 8. The first-order valence-electron chi connectivity index (χ1n) is 11.5. The van der Waals surface area contributed by atoms with Crippen LogP contribution in [0.15, 0.2) is 23.2 Å². The number of halogens is 1. The minimum atomic E-state index is 0. The number of aryl methyl sites for hydroxylation is 2. The molecular formula is C23H35IN6O2. The van der Waals surface area contributed by atoms with Crippen molar-refractivity contribution in [3.05, 3.63) is 41.0 Å². The maximum absolute atomic E-state index is 6.12. The zero-order chi connectivity index (χ0) is 21.5. The highest BCUT2D eigenvalue weighted by Crippen LogP contribution is 2.23. The highest BCUT2D eigenvalue weighted by molar-refractivity contribution is 14.0. The van der Waals surface area contributed by atoms with Gasteiger partial charge in [-0.15, -0.1) is 34.2 Å². The molecule has 4 rings (SSSR count). The van der Waals surface area contributed by atoms with Crippen LogP contribution in [-0.4, -0.2) is 46.6 Å². The topological polar surface area (TPSA) is 85.6 Å². The molecule has 176 valence electrons. The Bertz CT molecular complexity index is 895. The maximum atomic E-state index is 6.12. The number of hydrogen-bond donors (Lipinski definition) is 2. The van der Waals surface area contributed by atoms with E-state index >= 15 is 0 Å². The Hall–Kier alpha value is -1.88. The molecule has 0 saturated carbocycles. The molecule has 1 atom stereocenters. The van der Waals surface area contributed by atoms with Gasteiger partial charge >= 0.3 is 0 Å². The molecule has 0 aliphatic carbocycles. The van der Waals surface area contributed by atoms with Crippen LogP contribution in [0.25, 0.3) is 0 Å². The lowest BCUT2D eigenvalue weighted by Crippen LogP contribution is -2.37. The molecule has 9 heteroatoms. The molecule has 2 aromatic rings. The summed E-state index contributed by atoms with van der Waals surface area (Å²) in [5, 5.41) is 15.4. The molecule has 1 aromatic carbocycles. The maximum Gasteiger partial charge on any atom is 0.191 e. The Morgan fingerprint density at radius 2 is 2.16 bits per heavy atom. The Balaban J connectivity index is 0.00000289. The van der Waals surface area contributed by atoms with Crippen molar-refractivity contribution in [2.75, 3.05) is 19.8 Å². The predicted octanol–water partition coefficient (Wildman–Crippen LogP) is 3.35. The normalized spacial score (nSPS) is 18.1. The number of aromatic nitrogens is 3. The van der Waals surface area contributed by atoms with E-state index < -0.39 is 0 Å². The first kappa shape index (κ1) is 24.8. The second kappa shape index (κ2) is 12.4. The molecule has 0 amide bonds. The van der Waals surface area contributed by atoms with Gasteiger partial charge in [-0.2, -0.15) is 0 Å². The number of aliphatic imine (C=N–C) groups is 1. The lowest BCUT2D eigenvalue weighted by Gasteiger charge is -2.17. The summed E-state index contributed by atoms with van der Waals surface area (Å²) < 4.78 is 14.0. The molecule has 1 saturated heterocycles. The molecule has 0 spiro atoms. The largest absolute Gasteiger partial charge is 0.491 e. The van der Waals surface area contributed by atoms with E-state index in [-0.39, 0.29) is 30.1 Å². The Labute approximate surface area is 207 Å². The summed E-state index contributed by atoms with van der Waals surface area (Å²) in [7, 11) is 0. The van der Waals surface area contributed by atoms with Crippen molar-refractivity contribution in [2.45, 2.75) is 71.7 Å². The molecule has 32 heavy (non-hydrogen) atoms. The van der Waals surface area contributed by atoms with Crippen LogP contribution in [0.4, 0.5) is 0 Å². The number of nitrogens with zero attached hydrogens (tertiary/aromatic N) is 4. The van der Waals surface area contributed by atoms with Gasteiger partial charge in [-0.25, -0.2) is 4.99 Å². The van der Waals surface area contributed by atoms with Gasteiger partial charge in [0, 0.05) is 31.7 Å². The fraction of sp³-hybridized carbons (Fsp3) is 0.609. The van der Waals surface area contributed by atoms with Gasteiger partial charge < -0.3 is 24.7 Å². The van der Waals surface area contributed by atoms with Crippen molar-refractivity contribution in [2.24, 2.45) is 4.99 Å². The average molecular weight is 554 g/mol. The van der Waals surface area contributed by atoms with Crippen LogP contribution in [0, 0.1) is 6.92 Å². The van der Waals surface area contributed by atoms with Gasteiger partial charge in [0.1, 0.15) is 18.2 Å². The van der Waals surface area contributed by atoms with Crippen LogP contribution >= 0.6 is 24.0 Å². The number of benzene rings is 1. The molecule has 3 heterocycles. The highest BCUT2D eigenvalue weighted by Gasteiger charge is 2.17. The Morgan fingerprint density at radius 3 is 2.97 bits per heavy atom. The molecular weight excluding hydrogens is 519 g/mol. The lowest BCUT2D eigenvalue weighted by atomic mass is 10.1. The second-order valence-corrected chi connectivity index (χ2v) is 8.25. The highest BCUT2D eigenvalue weighted by atomic mass is 127. The van der Waals surface area contributed by atoms with E-state index in [9.17, 15) is 0 Å². The minimum Gasteiger partial charge on any atom is -0.491 e. The monoisotopic (exact) mass is 554 g/mol. The summed E-state index contributed by atoms with van der Waals surface area (Å²) in [5.74, 6) is 3.72. The third kappa shape index (κ3) is 6.57. The van der Waals surface area contributed by atoms with E-state index in [0.29, 0.717) is 19.7 Å². The molecule has 0 bridgehead atoms. The van der Waals surface area contributed by atoms with Gasteiger partial charge in [-0.3, -0.25) is 0 Å². The third-order valence-electron chi connectivity index (χ3n) is 5.77. The van der Waals surface area contributed by atoms with Crippen molar-refractivity contribution in [1.29, 1.82) is 0 Å². The summed E-state index contributed by atoms with van der Waals surface area (Å²) in [5.41, 5.74) is 2.25. The van der Waals surface area contributed by atoms with E-state index in [4.69, 9.17) is 14.5 Å². The number of nitrogens with one attached hydrogen (secondary N) is 2. The summed E-state index contributed by atoms with van der Waals surface area (Å²) in [6.45, 7) is 8.52. The minimum absolute atomic E-state index is 0. The van der Waals surface area contributed by atoms with Gasteiger partial charge in [-0.1, -0.05) is 12.1 Å². The van der Waals surface area contributed by atoms with Gasteiger partial charge in [0.05, 0.1) is 19.2 Å². The molecule has 1 fully saturated rings. The van der Waals surface area contributed by atoms with E-state index in [2.05, 4.69) is 57.4 Å². The number of fused-ring (bicyclic) bond motifs is 1. The molecule has 1 unspecified atom stereocenters. The van der Waals surface area contributed by atoms with E-state index in [1.807, 2.05) is 0 Å². The molecule has 1 aromatic heterocycles. The first-order chi connectivity index (χ1) is 15.2. The predicted molar refractivity (Wildman–Crippen MR) is 136 cm³/mol. The smallest absolute Gasteiger partial charge is 0.191 e. The number of hydrogen-bond acceptors (Lipinski definition) is 5. The summed E-state index contributed by atoms with van der Waals surface area (Å²) in [4.78, 5) is 4.79. The standard InChI is InChI=1S/C23H34N6O2.HI/c1-3-24-23(26-15-22-28-27-21-8-4-5-11-29(21)22)25-14-18-10-9-17(2)13-20(18)31-16-19-7-6-12-30-19;/h9-10,13,19H,3-8,11-12,14-16H2,1-2H3,(H2,24,25,26);1H. The van der Waals surface area contributed by atoms with Crippen molar-refractivity contribution < 1.29 is 9.47 Å². The molecule has 2 aliphatic heterocycles. The van der Waals surface area contributed by atoms with Gasteiger partial charge in [0.15, 0.2) is 11.8 Å². The zero-order valence-corrected chi connectivity index (χ0v) is 21.4. The lowest BCUT2D eigenvalue weighted by molar-refractivity contribution is 0.0676. The molecule has 2 N–H and O–H groups in total. The average Bonchev–Trinajstić information content (AvgIpc) is 3.45. The van der Waals surface area contributed by atoms with Crippen LogP contribution in [0.5, 0.6) is 5.75 Å². The fourth-order valence-electron chi connectivity index (χ4n) is 4.05. The van der Waals surface area contributed by atoms with Crippen LogP contribution in [0.3, 0.4) is 0 Å². The fourth-order valence-corrected chi connectivity index (χ4v) is 4.05. The van der Waals surface area contributed by atoms with Crippen LogP contribution in [0.2, 0.25) is 0 Å². The van der Waals surface area contributed by atoms with Gasteiger partial charge in [-0.05, 0) is 51.2 Å². The van der Waals surface area contributed by atoms with Gasteiger partial charge in [0.2, 0.25) is 0 Å². The summed E-state index contributed by atoms with van der Waals surface area (Å²) >= 11 is 0. The van der Waals surface area contributed by atoms with Crippen molar-refractivity contribution in [3.8, 4) is 5.75 Å². The van der Waals surface area contributed by atoms with E-state index in [1.54, 1.807) is 0 Å². The van der Waals surface area contributed by atoms with Crippen LogP contribution < -0.4 is 15.4 Å². The number of guanidine groups is 1. The number of ether oxygens (including phenoxy) is 2. The quantitative estimate of drug-likeness (QED) is 0.296. The SMILES string of the molecule is CCNC(=NCc1ccc(C)cc1OCC1CCCO1)NCc1nnc2n1CCCC2.I. The van der Waals surface area contributed by atoms with Crippen LogP contribution in [-0.2, 0) is 30.8 Å². The second-order valence-electron chi connectivity index (χ2n) is 8.25. The zero-order valence-electron chi connectivity index (χ0n) is 19.1. The third-order valence-corrected chi connectivity index (χ3v) is 5.77. The first-order valence-corrected chi connectivity index (χ1v) is 11.5. The van der Waals surface area contributed by atoms with E-state index in [1.165, 1.54) is 18.4 Å². The summed E-state index contributed by atoms with van der Waals surface area (Å²) in [6.07, 6.45) is 5.79. The van der Waals surface area contributed by atoms with Crippen molar-refractivity contribution in [3.63, 3.8) is 0 Å². The molecule has 0 radical (unpaired) electrons. The molecule has 8 nitrogen and oxygen atoms in total. The summed E-state index contributed by atoms with van der Waals surface area (Å²) in [6, 6.07) is 6.29. The van der Waals surface area contributed by atoms with Crippen molar-refractivity contribution in [1.82, 2.24) is 25.4 Å². The Kier molecular flexibility index (Phi) is 9.58. The Morgan fingerprint density at radius 1 is 1.25 bits per heavy atom.